The van der Waals surface area contributed by atoms with Crippen LogP contribution in [0.1, 0.15) is 29.4 Å². The molecule has 0 saturated heterocycles. The second-order valence-electron chi connectivity index (χ2n) is 6.89. The van der Waals surface area contributed by atoms with E-state index >= 15 is 0 Å². The van der Waals surface area contributed by atoms with Gasteiger partial charge in [-0.25, -0.2) is 0 Å². The summed E-state index contributed by atoms with van der Waals surface area (Å²) in [5, 5.41) is 17.6. The number of nitrogens with one attached hydrogen (secondary N) is 1. The number of ether oxygens (including phenoxy) is 1. The summed E-state index contributed by atoms with van der Waals surface area (Å²) < 4.78 is 7.36. The van der Waals surface area contributed by atoms with E-state index in [9.17, 15) is 10.1 Å². The Labute approximate surface area is 186 Å². The van der Waals surface area contributed by atoms with Gasteiger partial charge in [-0.2, -0.15) is 10.4 Å². The van der Waals surface area contributed by atoms with Crippen LogP contribution in [0.3, 0.4) is 0 Å². The minimum atomic E-state index is -0.507. The van der Waals surface area contributed by atoms with Crippen LogP contribution < -0.4 is 10.1 Å². The van der Waals surface area contributed by atoms with Crippen LogP contribution in [-0.4, -0.2) is 22.3 Å². The molecule has 0 fully saturated rings. The van der Waals surface area contributed by atoms with Crippen LogP contribution in [0.5, 0.6) is 5.75 Å². The molecule has 0 aliphatic carbocycles. The first kappa shape index (κ1) is 22.1. The van der Waals surface area contributed by atoms with Gasteiger partial charge in [-0.3, -0.25) is 9.48 Å². The first-order valence-electron chi connectivity index (χ1n) is 9.87. The second kappa shape index (κ2) is 9.96. The van der Waals surface area contributed by atoms with Gasteiger partial charge in [0.25, 0.3) is 5.91 Å². The number of aryl methyl sites for hydroxylation is 1. The molecule has 0 bridgehead atoms. The van der Waals surface area contributed by atoms with Crippen LogP contribution in [0.25, 0.3) is 6.08 Å². The van der Waals surface area contributed by atoms with E-state index in [0.717, 1.165) is 22.5 Å². The smallest absolute Gasteiger partial charge is 0.266 e. The van der Waals surface area contributed by atoms with Crippen molar-refractivity contribution in [1.82, 2.24) is 9.78 Å². The number of rotatable bonds is 7. The van der Waals surface area contributed by atoms with Crippen LogP contribution in [0.15, 0.2) is 54.1 Å². The molecule has 6 nitrogen and oxygen atoms in total. The Morgan fingerprint density at radius 1 is 1.23 bits per heavy atom. The van der Waals surface area contributed by atoms with Gasteiger partial charge >= 0.3 is 0 Å². The monoisotopic (exact) mass is 434 g/mol. The summed E-state index contributed by atoms with van der Waals surface area (Å²) in [6.45, 7) is 6.58. The van der Waals surface area contributed by atoms with E-state index in [4.69, 9.17) is 16.3 Å². The maximum absolute atomic E-state index is 12.8. The lowest BCUT2D eigenvalue weighted by molar-refractivity contribution is -0.112. The zero-order chi connectivity index (χ0) is 22.4. The molecular formula is C24H23ClN4O2. The Hall–Kier alpha value is -3.56. The number of para-hydroxylation sites is 2. The van der Waals surface area contributed by atoms with Gasteiger partial charge in [0.1, 0.15) is 17.4 Å². The average molecular weight is 435 g/mol. The Morgan fingerprint density at radius 2 is 1.94 bits per heavy atom. The number of aromatic nitrogens is 2. The van der Waals surface area contributed by atoms with Crippen LogP contribution in [0.2, 0.25) is 5.02 Å². The van der Waals surface area contributed by atoms with E-state index in [1.165, 1.54) is 0 Å². The maximum atomic E-state index is 12.8. The van der Waals surface area contributed by atoms with Gasteiger partial charge in [0.05, 0.1) is 24.5 Å². The number of hydrogen-bond acceptors (Lipinski definition) is 4. The zero-order valence-corrected chi connectivity index (χ0v) is 18.4. The number of hydrogen-bond donors (Lipinski definition) is 1. The minimum absolute atomic E-state index is 0.0187. The van der Waals surface area contributed by atoms with Gasteiger partial charge in [0.2, 0.25) is 0 Å². The summed E-state index contributed by atoms with van der Waals surface area (Å²) in [6.07, 6.45) is 1.57. The largest absolute Gasteiger partial charge is 0.492 e. The molecule has 0 radical (unpaired) electrons. The molecule has 1 heterocycles. The quantitative estimate of drug-likeness (QED) is 0.412. The van der Waals surface area contributed by atoms with Gasteiger partial charge < -0.3 is 10.1 Å². The number of carbonyl (C=O) groups is 1. The molecule has 0 aliphatic rings. The highest BCUT2D eigenvalue weighted by atomic mass is 35.5. The Morgan fingerprint density at radius 3 is 2.65 bits per heavy atom. The van der Waals surface area contributed by atoms with Gasteiger partial charge in [-0.15, -0.1) is 0 Å². The molecular weight excluding hydrogens is 412 g/mol. The predicted molar refractivity (Wildman–Crippen MR) is 122 cm³/mol. The SMILES string of the molecule is CCOc1ccccc1NC(=O)/C(C#N)=C/c1c(C)nn(Cc2ccccc2Cl)c1C. The van der Waals surface area contributed by atoms with E-state index in [1.54, 1.807) is 24.3 Å². The number of amides is 1. The lowest BCUT2D eigenvalue weighted by atomic mass is 10.1. The molecule has 1 aromatic heterocycles. The van der Waals surface area contributed by atoms with Crippen molar-refractivity contribution in [3.05, 3.63) is 81.6 Å². The fraction of sp³-hybridized carbons (Fsp3) is 0.208. The molecule has 0 atom stereocenters. The number of nitriles is 1. The van der Waals surface area contributed by atoms with Crippen LogP contribution in [-0.2, 0) is 11.3 Å². The average Bonchev–Trinajstić information content (AvgIpc) is 3.02. The van der Waals surface area contributed by atoms with E-state index in [2.05, 4.69) is 10.4 Å². The molecule has 158 valence electrons. The lowest BCUT2D eigenvalue weighted by Crippen LogP contribution is -2.14. The van der Waals surface area contributed by atoms with Gasteiger partial charge in [-0.05, 0) is 50.6 Å². The molecule has 1 N–H and O–H groups in total. The molecule has 31 heavy (non-hydrogen) atoms. The van der Waals surface area contributed by atoms with Crippen molar-refractivity contribution < 1.29 is 9.53 Å². The molecule has 1 amide bonds. The van der Waals surface area contributed by atoms with E-state index in [-0.39, 0.29) is 5.57 Å². The van der Waals surface area contributed by atoms with Crippen molar-refractivity contribution in [1.29, 1.82) is 5.26 Å². The predicted octanol–water partition coefficient (Wildman–Crippen LogP) is 5.15. The first-order chi connectivity index (χ1) is 14.9. The molecule has 0 aliphatic heterocycles. The molecule has 0 unspecified atom stereocenters. The topological polar surface area (TPSA) is 79.9 Å². The second-order valence-corrected chi connectivity index (χ2v) is 7.29. The zero-order valence-electron chi connectivity index (χ0n) is 17.6. The number of nitrogens with zero attached hydrogens (tertiary/aromatic N) is 3. The van der Waals surface area contributed by atoms with Crippen molar-refractivity contribution in [2.75, 3.05) is 11.9 Å². The van der Waals surface area contributed by atoms with E-state index < -0.39 is 5.91 Å². The van der Waals surface area contributed by atoms with Crippen molar-refractivity contribution in [3.63, 3.8) is 0 Å². The normalized spacial score (nSPS) is 11.1. The molecule has 3 rings (SSSR count). The standard InChI is InChI=1S/C24H23ClN4O2/c1-4-31-23-12-8-7-11-22(23)27-24(30)19(14-26)13-20-16(2)28-29(17(20)3)15-18-9-5-6-10-21(18)25/h5-13H,4,15H2,1-3H3,(H,27,30)/b19-13+. The minimum Gasteiger partial charge on any atom is -0.492 e. The number of anilines is 1. The molecule has 2 aromatic carbocycles. The van der Waals surface area contributed by atoms with Gasteiger partial charge in [0, 0.05) is 16.3 Å². The van der Waals surface area contributed by atoms with Gasteiger partial charge in [0.15, 0.2) is 0 Å². The Kier molecular flexibility index (Phi) is 7.11. The summed E-state index contributed by atoms with van der Waals surface area (Å²) in [7, 11) is 0. The third-order valence-electron chi connectivity index (χ3n) is 4.80. The fourth-order valence-electron chi connectivity index (χ4n) is 3.20. The van der Waals surface area contributed by atoms with Crippen molar-refractivity contribution in [3.8, 4) is 11.8 Å². The Bertz CT molecular complexity index is 1170. The third kappa shape index (κ3) is 5.14. The lowest BCUT2D eigenvalue weighted by Gasteiger charge is -2.10. The fourth-order valence-corrected chi connectivity index (χ4v) is 3.39. The number of carbonyl (C=O) groups excluding carboxylic acids is 1. The molecule has 7 heteroatoms. The van der Waals surface area contributed by atoms with Gasteiger partial charge in [-0.1, -0.05) is 41.9 Å². The van der Waals surface area contributed by atoms with Crippen molar-refractivity contribution in [2.24, 2.45) is 0 Å². The highest BCUT2D eigenvalue weighted by Crippen LogP contribution is 2.25. The van der Waals surface area contributed by atoms with E-state index in [1.807, 2.05) is 61.9 Å². The summed E-state index contributed by atoms with van der Waals surface area (Å²) >= 11 is 6.27. The summed E-state index contributed by atoms with van der Waals surface area (Å²) in [6, 6.07) is 16.7. The highest BCUT2D eigenvalue weighted by Gasteiger charge is 2.16. The maximum Gasteiger partial charge on any atom is 0.266 e. The van der Waals surface area contributed by atoms with E-state index in [0.29, 0.717) is 29.6 Å². The summed E-state index contributed by atoms with van der Waals surface area (Å²) in [5.41, 5.74) is 3.73. The third-order valence-corrected chi connectivity index (χ3v) is 5.17. The van der Waals surface area contributed by atoms with Crippen LogP contribution in [0, 0.1) is 25.2 Å². The molecule has 0 saturated carbocycles. The van der Waals surface area contributed by atoms with Crippen LogP contribution in [0.4, 0.5) is 5.69 Å². The molecule has 0 spiro atoms. The first-order valence-corrected chi connectivity index (χ1v) is 10.2. The van der Waals surface area contributed by atoms with Crippen LogP contribution >= 0.6 is 11.6 Å². The number of benzene rings is 2. The Balaban J connectivity index is 1.87. The van der Waals surface area contributed by atoms with Crippen molar-refractivity contribution in [2.45, 2.75) is 27.3 Å². The molecule has 3 aromatic rings. The summed E-state index contributed by atoms with van der Waals surface area (Å²) in [4.78, 5) is 12.8. The highest BCUT2D eigenvalue weighted by molar-refractivity contribution is 6.31. The van der Waals surface area contributed by atoms with Crippen molar-refractivity contribution >= 4 is 29.3 Å². The summed E-state index contributed by atoms with van der Waals surface area (Å²) in [5.74, 6) is 0.0443. The number of halogens is 1.